The maximum atomic E-state index is 11.0. The van der Waals surface area contributed by atoms with Crippen LogP contribution in [0.1, 0.15) is 22.4 Å². The van der Waals surface area contributed by atoms with Gasteiger partial charge < -0.3 is 0 Å². The van der Waals surface area contributed by atoms with E-state index in [0.717, 1.165) is 22.4 Å². The molecule has 0 fully saturated rings. The number of hydrogen-bond acceptors (Lipinski definition) is 3. The summed E-state index contributed by atoms with van der Waals surface area (Å²) >= 11 is 6.10. The molecule has 0 aliphatic heterocycles. The van der Waals surface area contributed by atoms with Crippen LogP contribution in [0.15, 0.2) is 12.1 Å². The summed E-state index contributed by atoms with van der Waals surface area (Å²) in [6.07, 6.45) is 0. The highest BCUT2D eigenvalue weighted by Crippen LogP contribution is 2.32. The largest absolute Gasteiger partial charge is 0.329 e. The molecule has 19 heavy (non-hydrogen) atoms. The molecule has 1 aromatic heterocycles. The average Bonchev–Trinajstić information content (AvgIpc) is 2.52. The molecule has 1 aromatic carbocycles. The zero-order chi connectivity index (χ0) is 14.3. The Morgan fingerprint density at radius 1 is 1.21 bits per heavy atom. The minimum absolute atomic E-state index is 0.0394. The van der Waals surface area contributed by atoms with E-state index in [1.807, 2.05) is 32.9 Å². The molecule has 2 rings (SSSR count). The molecule has 0 aliphatic rings. The first-order chi connectivity index (χ1) is 8.82. The van der Waals surface area contributed by atoms with Gasteiger partial charge >= 0.3 is 5.69 Å². The number of hydrogen-bond donors (Lipinski definition) is 0. The standard InChI is InChI=1S/C13H14ClN3O2/c1-7-5-8(2)11(9(3)6-7)16-13(14)12(17(18)19)10(4)15-16/h5-6H,1-4H3. The minimum atomic E-state index is -0.500. The third-order valence-corrected chi connectivity index (χ3v) is 3.34. The van der Waals surface area contributed by atoms with Crippen molar-refractivity contribution in [1.29, 1.82) is 0 Å². The summed E-state index contributed by atoms with van der Waals surface area (Å²) in [5.74, 6) is 0. The molecule has 0 aliphatic carbocycles. The Kier molecular flexibility index (Phi) is 3.32. The second-order valence-corrected chi connectivity index (χ2v) is 5.00. The predicted octanol–water partition coefficient (Wildman–Crippen LogP) is 3.67. The van der Waals surface area contributed by atoms with E-state index in [1.165, 1.54) is 4.68 Å². The Bertz CT molecular complexity index is 654. The molecule has 0 saturated heterocycles. The molecular formula is C13H14ClN3O2. The van der Waals surface area contributed by atoms with Crippen LogP contribution >= 0.6 is 11.6 Å². The lowest BCUT2D eigenvalue weighted by atomic mass is 10.1. The van der Waals surface area contributed by atoms with Crippen molar-refractivity contribution in [2.75, 3.05) is 0 Å². The molecule has 0 spiro atoms. The SMILES string of the molecule is Cc1cc(C)c(-n2nc(C)c([N+](=O)[O-])c2Cl)c(C)c1. The highest BCUT2D eigenvalue weighted by molar-refractivity contribution is 6.32. The molecule has 0 unspecified atom stereocenters. The predicted molar refractivity (Wildman–Crippen MR) is 74.2 cm³/mol. The zero-order valence-corrected chi connectivity index (χ0v) is 11.9. The van der Waals surface area contributed by atoms with Gasteiger partial charge in [0.2, 0.25) is 5.15 Å². The van der Waals surface area contributed by atoms with Gasteiger partial charge in [0.1, 0.15) is 5.69 Å². The van der Waals surface area contributed by atoms with Crippen molar-refractivity contribution < 1.29 is 4.92 Å². The summed E-state index contributed by atoms with van der Waals surface area (Å²) in [6, 6.07) is 4.00. The van der Waals surface area contributed by atoms with Gasteiger partial charge in [-0.05, 0) is 38.8 Å². The first kappa shape index (κ1) is 13.5. The Balaban J connectivity index is 2.74. The molecule has 0 bridgehead atoms. The van der Waals surface area contributed by atoms with Gasteiger partial charge in [-0.1, -0.05) is 29.3 Å². The topological polar surface area (TPSA) is 61.0 Å². The van der Waals surface area contributed by atoms with E-state index in [4.69, 9.17) is 11.6 Å². The van der Waals surface area contributed by atoms with Gasteiger partial charge in [0.25, 0.3) is 0 Å². The van der Waals surface area contributed by atoms with Crippen LogP contribution in [-0.4, -0.2) is 14.7 Å². The molecule has 0 atom stereocenters. The fourth-order valence-corrected chi connectivity index (χ4v) is 2.68. The molecule has 0 saturated carbocycles. The maximum Gasteiger partial charge on any atom is 0.329 e. The van der Waals surface area contributed by atoms with E-state index in [0.29, 0.717) is 5.69 Å². The first-order valence-corrected chi connectivity index (χ1v) is 6.18. The Morgan fingerprint density at radius 3 is 2.16 bits per heavy atom. The smallest absolute Gasteiger partial charge is 0.258 e. The summed E-state index contributed by atoms with van der Waals surface area (Å²) in [7, 11) is 0. The van der Waals surface area contributed by atoms with Crippen LogP contribution in [0.4, 0.5) is 5.69 Å². The van der Waals surface area contributed by atoms with Gasteiger partial charge in [0.05, 0.1) is 10.6 Å². The van der Waals surface area contributed by atoms with E-state index >= 15 is 0 Å². The molecule has 0 N–H and O–H groups in total. The van der Waals surface area contributed by atoms with Crippen LogP contribution in [0, 0.1) is 37.8 Å². The van der Waals surface area contributed by atoms with Crippen molar-refractivity contribution in [2.24, 2.45) is 0 Å². The van der Waals surface area contributed by atoms with E-state index in [2.05, 4.69) is 5.10 Å². The van der Waals surface area contributed by atoms with Gasteiger partial charge in [-0.25, -0.2) is 4.68 Å². The monoisotopic (exact) mass is 279 g/mol. The quantitative estimate of drug-likeness (QED) is 0.622. The van der Waals surface area contributed by atoms with Gasteiger partial charge in [0, 0.05) is 0 Å². The third-order valence-electron chi connectivity index (χ3n) is 3.00. The van der Waals surface area contributed by atoms with Gasteiger partial charge in [-0.3, -0.25) is 10.1 Å². The number of halogens is 1. The minimum Gasteiger partial charge on any atom is -0.258 e. The van der Waals surface area contributed by atoms with Crippen molar-refractivity contribution in [1.82, 2.24) is 9.78 Å². The van der Waals surface area contributed by atoms with Crippen molar-refractivity contribution >= 4 is 17.3 Å². The Hall–Kier alpha value is -1.88. The highest BCUT2D eigenvalue weighted by atomic mass is 35.5. The maximum absolute atomic E-state index is 11.0. The number of aryl methyl sites for hydroxylation is 4. The van der Waals surface area contributed by atoms with E-state index in [1.54, 1.807) is 6.92 Å². The van der Waals surface area contributed by atoms with Crippen LogP contribution < -0.4 is 0 Å². The van der Waals surface area contributed by atoms with E-state index in [-0.39, 0.29) is 10.8 Å². The lowest BCUT2D eigenvalue weighted by molar-refractivity contribution is -0.385. The summed E-state index contributed by atoms with van der Waals surface area (Å²) in [5, 5.41) is 15.2. The molecular weight excluding hydrogens is 266 g/mol. The van der Waals surface area contributed by atoms with Crippen LogP contribution in [0.5, 0.6) is 0 Å². The Morgan fingerprint density at radius 2 is 1.74 bits per heavy atom. The molecule has 0 radical (unpaired) electrons. The number of nitrogens with zero attached hydrogens (tertiary/aromatic N) is 3. The van der Waals surface area contributed by atoms with E-state index in [9.17, 15) is 10.1 Å². The van der Waals surface area contributed by atoms with Crippen molar-refractivity contribution in [2.45, 2.75) is 27.7 Å². The molecule has 100 valence electrons. The fourth-order valence-electron chi connectivity index (χ4n) is 2.35. The zero-order valence-electron chi connectivity index (χ0n) is 11.2. The van der Waals surface area contributed by atoms with Crippen molar-refractivity contribution in [3.8, 4) is 5.69 Å². The number of rotatable bonds is 2. The average molecular weight is 280 g/mol. The molecule has 1 heterocycles. The second kappa shape index (κ2) is 4.66. The van der Waals surface area contributed by atoms with Crippen LogP contribution in [-0.2, 0) is 0 Å². The number of benzene rings is 1. The van der Waals surface area contributed by atoms with Crippen LogP contribution in [0.3, 0.4) is 0 Å². The lowest BCUT2D eigenvalue weighted by Crippen LogP contribution is -2.03. The molecule has 2 aromatic rings. The summed E-state index contributed by atoms with van der Waals surface area (Å²) in [6.45, 7) is 7.46. The molecule has 0 amide bonds. The van der Waals surface area contributed by atoms with Gasteiger partial charge in [-0.15, -0.1) is 0 Å². The normalized spacial score (nSPS) is 10.8. The summed E-state index contributed by atoms with van der Waals surface area (Å²) < 4.78 is 1.44. The lowest BCUT2D eigenvalue weighted by Gasteiger charge is -2.11. The van der Waals surface area contributed by atoms with Crippen molar-refractivity contribution in [3.05, 3.63) is 49.8 Å². The van der Waals surface area contributed by atoms with Crippen LogP contribution in [0.25, 0.3) is 5.69 Å². The molecule has 5 nitrogen and oxygen atoms in total. The van der Waals surface area contributed by atoms with E-state index < -0.39 is 4.92 Å². The van der Waals surface area contributed by atoms with Crippen molar-refractivity contribution in [3.63, 3.8) is 0 Å². The van der Waals surface area contributed by atoms with Crippen LogP contribution in [0.2, 0.25) is 5.15 Å². The second-order valence-electron chi connectivity index (χ2n) is 4.64. The van der Waals surface area contributed by atoms with Gasteiger partial charge in [0.15, 0.2) is 0 Å². The molecule has 6 heteroatoms. The number of nitro groups is 1. The van der Waals surface area contributed by atoms with Gasteiger partial charge in [-0.2, -0.15) is 5.10 Å². The first-order valence-electron chi connectivity index (χ1n) is 5.80. The summed E-state index contributed by atoms with van der Waals surface area (Å²) in [4.78, 5) is 10.5. The summed E-state index contributed by atoms with van der Waals surface area (Å²) in [5.41, 5.74) is 4.07. The third kappa shape index (κ3) is 2.21. The highest BCUT2D eigenvalue weighted by Gasteiger charge is 2.25. The Labute approximate surface area is 116 Å². The number of aromatic nitrogens is 2. The fraction of sp³-hybridized carbons (Fsp3) is 0.308.